The van der Waals surface area contributed by atoms with E-state index in [1.165, 1.54) is 29.7 Å². The first kappa shape index (κ1) is 15.3. The molecule has 1 aromatic rings. The zero-order chi connectivity index (χ0) is 14.4. The van der Waals surface area contributed by atoms with Gasteiger partial charge in [-0.1, -0.05) is 49.8 Å². The van der Waals surface area contributed by atoms with Crippen LogP contribution in [0.3, 0.4) is 0 Å². The molecule has 0 radical (unpaired) electrons. The maximum Gasteiger partial charge on any atom is 0.0237 e. The third kappa shape index (κ3) is 5.10. The standard InChI is InChI=1S/C18H28N2/c1-15(2)12-19-13-17-4-6-18(7-5-17)14-20-10-8-16(3)9-11-20/h4-8,15,19H,9-14H2,1-3H3. The van der Waals surface area contributed by atoms with E-state index in [2.05, 4.69) is 61.3 Å². The van der Waals surface area contributed by atoms with E-state index in [1.54, 1.807) is 0 Å². The van der Waals surface area contributed by atoms with Crippen LogP contribution < -0.4 is 5.32 Å². The van der Waals surface area contributed by atoms with Gasteiger partial charge in [0, 0.05) is 26.2 Å². The summed E-state index contributed by atoms with van der Waals surface area (Å²) in [5.41, 5.74) is 4.34. The van der Waals surface area contributed by atoms with Gasteiger partial charge in [0.05, 0.1) is 0 Å². The molecule has 0 spiro atoms. The summed E-state index contributed by atoms with van der Waals surface area (Å²) in [5.74, 6) is 0.713. The highest BCUT2D eigenvalue weighted by Crippen LogP contribution is 2.13. The van der Waals surface area contributed by atoms with E-state index in [9.17, 15) is 0 Å². The van der Waals surface area contributed by atoms with Crippen molar-refractivity contribution in [1.82, 2.24) is 10.2 Å². The minimum Gasteiger partial charge on any atom is -0.312 e. The summed E-state index contributed by atoms with van der Waals surface area (Å²) < 4.78 is 0. The minimum absolute atomic E-state index is 0.713. The lowest BCUT2D eigenvalue weighted by atomic mass is 10.1. The van der Waals surface area contributed by atoms with Crippen LogP contribution in [0.15, 0.2) is 35.9 Å². The van der Waals surface area contributed by atoms with Crippen LogP contribution in [-0.4, -0.2) is 24.5 Å². The van der Waals surface area contributed by atoms with Gasteiger partial charge in [-0.2, -0.15) is 0 Å². The van der Waals surface area contributed by atoms with E-state index in [4.69, 9.17) is 0 Å². The number of rotatable bonds is 6. The Labute approximate surface area is 123 Å². The van der Waals surface area contributed by atoms with Gasteiger partial charge in [-0.25, -0.2) is 0 Å². The molecule has 0 atom stereocenters. The highest BCUT2D eigenvalue weighted by molar-refractivity contribution is 5.22. The van der Waals surface area contributed by atoms with Crippen molar-refractivity contribution in [2.75, 3.05) is 19.6 Å². The molecule has 2 rings (SSSR count). The van der Waals surface area contributed by atoms with Gasteiger partial charge in [-0.15, -0.1) is 0 Å². The van der Waals surface area contributed by atoms with Gasteiger partial charge in [0.2, 0.25) is 0 Å². The quantitative estimate of drug-likeness (QED) is 0.796. The lowest BCUT2D eigenvalue weighted by Gasteiger charge is -2.25. The molecule has 0 saturated heterocycles. The number of nitrogens with zero attached hydrogens (tertiary/aromatic N) is 1. The van der Waals surface area contributed by atoms with Crippen LogP contribution >= 0.6 is 0 Å². The van der Waals surface area contributed by atoms with E-state index in [1.807, 2.05) is 0 Å². The Morgan fingerprint density at radius 1 is 1.15 bits per heavy atom. The zero-order valence-electron chi connectivity index (χ0n) is 13.2. The summed E-state index contributed by atoms with van der Waals surface area (Å²) in [7, 11) is 0. The van der Waals surface area contributed by atoms with Crippen molar-refractivity contribution < 1.29 is 0 Å². The summed E-state index contributed by atoms with van der Waals surface area (Å²) >= 11 is 0. The van der Waals surface area contributed by atoms with Crippen molar-refractivity contribution in [1.29, 1.82) is 0 Å². The Morgan fingerprint density at radius 3 is 2.45 bits per heavy atom. The second-order valence-corrected chi connectivity index (χ2v) is 6.38. The summed E-state index contributed by atoms with van der Waals surface area (Å²) in [6.45, 7) is 12.1. The van der Waals surface area contributed by atoms with Crippen LogP contribution in [0.25, 0.3) is 0 Å². The average molecular weight is 272 g/mol. The van der Waals surface area contributed by atoms with Crippen molar-refractivity contribution in [3.8, 4) is 0 Å². The van der Waals surface area contributed by atoms with E-state index in [0.29, 0.717) is 5.92 Å². The van der Waals surface area contributed by atoms with Crippen LogP contribution in [0, 0.1) is 5.92 Å². The predicted octanol–water partition coefficient (Wildman–Crippen LogP) is 3.58. The fourth-order valence-electron chi connectivity index (χ4n) is 2.48. The van der Waals surface area contributed by atoms with E-state index in [0.717, 1.165) is 26.2 Å². The molecule has 1 N–H and O–H groups in total. The van der Waals surface area contributed by atoms with Crippen molar-refractivity contribution in [2.45, 2.75) is 40.3 Å². The third-order valence-corrected chi connectivity index (χ3v) is 3.83. The molecule has 110 valence electrons. The molecule has 1 aliphatic heterocycles. The first-order valence-electron chi connectivity index (χ1n) is 7.80. The maximum absolute atomic E-state index is 3.49. The van der Waals surface area contributed by atoms with Gasteiger partial charge < -0.3 is 5.32 Å². The molecule has 0 fully saturated rings. The predicted molar refractivity (Wildman–Crippen MR) is 86.6 cm³/mol. The van der Waals surface area contributed by atoms with E-state index < -0.39 is 0 Å². The molecule has 0 aliphatic carbocycles. The van der Waals surface area contributed by atoms with Crippen molar-refractivity contribution in [3.63, 3.8) is 0 Å². The molecular formula is C18H28N2. The van der Waals surface area contributed by atoms with E-state index in [-0.39, 0.29) is 0 Å². The van der Waals surface area contributed by atoms with Crippen LogP contribution in [0.4, 0.5) is 0 Å². The van der Waals surface area contributed by atoms with Gasteiger partial charge in [0.25, 0.3) is 0 Å². The summed E-state index contributed by atoms with van der Waals surface area (Å²) in [6, 6.07) is 9.07. The van der Waals surface area contributed by atoms with Crippen LogP contribution in [0.1, 0.15) is 38.3 Å². The van der Waals surface area contributed by atoms with Crippen LogP contribution in [0.5, 0.6) is 0 Å². The zero-order valence-corrected chi connectivity index (χ0v) is 13.2. The maximum atomic E-state index is 3.49. The Balaban J connectivity index is 1.79. The third-order valence-electron chi connectivity index (χ3n) is 3.83. The fraction of sp³-hybridized carbons (Fsp3) is 0.556. The smallest absolute Gasteiger partial charge is 0.0237 e. The van der Waals surface area contributed by atoms with Crippen LogP contribution in [0.2, 0.25) is 0 Å². The van der Waals surface area contributed by atoms with Gasteiger partial charge in [0.1, 0.15) is 0 Å². The molecule has 0 saturated carbocycles. The molecule has 0 amide bonds. The SMILES string of the molecule is CC1=CCN(Cc2ccc(CNCC(C)C)cc2)CC1. The first-order valence-corrected chi connectivity index (χ1v) is 7.80. The molecule has 20 heavy (non-hydrogen) atoms. The normalized spacial score (nSPS) is 16.5. The van der Waals surface area contributed by atoms with Crippen molar-refractivity contribution in [3.05, 3.63) is 47.0 Å². The summed E-state index contributed by atoms with van der Waals surface area (Å²) in [6.07, 6.45) is 3.57. The lowest BCUT2D eigenvalue weighted by molar-refractivity contribution is 0.286. The van der Waals surface area contributed by atoms with E-state index >= 15 is 0 Å². The Kier molecular flexibility index (Phi) is 5.81. The topological polar surface area (TPSA) is 15.3 Å². The number of hydrogen-bond donors (Lipinski definition) is 1. The summed E-state index contributed by atoms with van der Waals surface area (Å²) in [4.78, 5) is 2.51. The highest BCUT2D eigenvalue weighted by Gasteiger charge is 2.09. The Bertz CT molecular complexity index is 431. The highest BCUT2D eigenvalue weighted by atomic mass is 15.1. The molecule has 2 nitrogen and oxygen atoms in total. The number of nitrogens with one attached hydrogen (secondary N) is 1. The summed E-state index contributed by atoms with van der Waals surface area (Å²) in [5, 5.41) is 3.49. The molecule has 1 aliphatic rings. The largest absolute Gasteiger partial charge is 0.312 e. The Hall–Kier alpha value is -1.12. The monoisotopic (exact) mass is 272 g/mol. The van der Waals surface area contributed by atoms with Gasteiger partial charge in [-0.3, -0.25) is 4.90 Å². The molecule has 0 unspecified atom stereocenters. The molecule has 0 aromatic heterocycles. The second kappa shape index (κ2) is 7.61. The van der Waals surface area contributed by atoms with Gasteiger partial charge >= 0.3 is 0 Å². The molecule has 2 heteroatoms. The van der Waals surface area contributed by atoms with Crippen molar-refractivity contribution in [2.24, 2.45) is 5.92 Å². The van der Waals surface area contributed by atoms with Gasteiger partial charge in [-0.05, 0) is 36.9 Å². The molecule has 1 aromatic carbocycles. The van der Waals surface area contributed by atoms with Crippen LogP contribution in [-0.2, 0) is 13.1 Å². The second-order valence-electron chi connectivity index (χ2n) is 6.38. The number of hydrogen-bond acceptors (Lipinski definition) is 2. The average Bonchev–Trinajstić information content (AvgIpc) is 2.43. The van der Waals surface area contributed by atoms with Crippen molar-refractivity contribution >= 4 is 0 Å². The lowest BCUT2D eigenvalue weighted by Crippen LogP contribution is -2.27. The first-order chi connectivity index (χ1) is 9.63. The van der Waals surface area contributed by atoms with Gasteiger partial charge in [0.15, 0.2) is 0 Å². The molecular weight excluding hydrogens is 244 g/mol. The molecule has 1 heterocycles. The number of benzene rings is 1. The minimum atomic E-state index is 0.713. The Morgan fingerprint density at radius 2 is 1.85 bits per heavy atom. The molecule has 0 bridgehead atoms. The fourth-order valence-corrected chi connectivity index (χ4v) is 2.48.